The molecule has 0 aliphatic heterocycles. The van der Waals surface area contributed by atoms with Crippen LogP contribution in [0.5, 0.6) is 5.75 Å². The lowest BCUT2D eigenvalue weighted by Crippen LogP contribution is -2.40. The van der Waals surface area contributed by atoms with Gasteiger partial charge in [-0.1, -0.05) is 42.0 Å². The van der Waals surface area contributed by atoms with Crippen LogP contribution in [0.3, 0.4) is 0 Å². The van der Waals surface area contributed by atoms with Crippen LogP contribution < -0.4 is 16.0 Å². The number of fused-ring (bicyclic) bond motifs is 1. The van der Waals surface area contributed by atoms with Gasteiger partial charge in [0.25, 0.3) is 5.56 Å². The molecule has 0 fully saturated rings. The van der Waals surface area contributed by atoms with Crippen molar-refractivity contribution in [2.45, 2.75) is 43.7 Å². The Morgan fingerprint density at radius 2 is 1.76 bits per heavy atom. The Balaban J connectivity index is 1.83. The second kappa shape index (κ2) is 11.0. The van der Waals surface area contributed by atoms with Crippen molar-refractivity contribution in [3.05, 3.63) is 86.1 Å². The molecule has 1 unspecified atom stereocenters. The summed E-state index contributed by atoms with van der Waals surface area (Å²) in [5.41, 5.74) is 0.915. The molecule has 4 aromatic rings. The Bertz CT molecular complexity index is 1610. The van der Waals surface area contributed by atoms with Gasteiger partial charge in [0.1, 0.15) is 5.75 Å². The molecule has 2 aromatic heterocycles. The van der Waals surface area contributed by atoms with Crippen LogP contribution in [-0.4, -0.2) is 41.0 Å². The molecule has 2 aromatic carbocycles. The van der Waals surface area contributed by atoms with E-state index in [1.165, 1.54) is 28.3 Å². The Morgan fingerprint density at radius 3 is 2.42 bits per heavy atom. The average Bonchev–Trinajstić information content (AvgIpc) is 3.23. The third kappa shape index (κ3) is 5.89. The maximum absolute atomic E-state index is 13.5. The Labute approximate surface area is 217 Å². The first kappa shape index (κ1) is 27.3. The number of aryl methyl sites for hydroxylation is 2. The van der Waals surface area contributed by atoms with Crippen molar-refractivity contribution in [3.63, 3.8) is 0 Å². The number of aromatic nitrogens is 4. The van der Waals surface area contributed by atoms with Crippen molar-refractivity contribution in [1.29, 1.82) is 0 Å². The summed E-state index contributed by atoms with van der Waals surface area (Å²) in [5, 5.41) is 9.20. The number of benzene rings is 2. The van der Waals surface area contributed by atoms with Gasteiger partial charge in [-0.25, -0.2) is 9.78 Å². The Hall–Kier alpha value is -3.71. The fraction of sp³-hybridized carbons (Fsp3) is 0.320. The maximum atomic E-state index is 13.5. The molecule has 13 heteroatoms. The number of imidazole rings is 1. The topological polar surface area (TPSA) is 108 Å². The van der Waals surface area contributed by atoms with Gasteiger partial charge in [0.15, 0.2) is 11.2 Å². The van der Waals surface area contributed by atoms with Crippen LogP contribution in [0.15, 0.2) is 63.3 Å². The summed E-state index contributed by atoms with van der Waals surface area (Å²) in [6.45, 7) is 1.80. The Morgan fingerprint density at radius 1 is 1.05 bits per heavy atom. The highest BCUT2D eigenvalue weighted by Crippen LogP contribution is 2.25. The van der Waals surface area contributed by atoms with Gasteiger partial charge in [0, 0.05) is 20.2 Å². The summed E-state index contributed by atoms with van der Waals surface area (Å²) in [4.78, 5) is 30.7. The minimum atomic E-state index is -4.87. The van der Waals surface area contributed by atoms with Gasteiger partial charge in [-0.2, -0.15) is 0 Å². The molecule has 0 saturated heterocycles. The van der Waals surface area contributed by atoms with Gasteiger partial charge in [-0.3, -0.25) is 18.1 Å². The molecule has 0 aliphatic rings. The monoisotopic (exact) mass is 550 g/mol. The number of nitrogens with zero attached hydrogens (tertiary/aromatic N) is 4. The molecule has 1 atom stereocenters. The molecule has 0 spiro atoms. The van der Waals surface area contributed by atoms with Crippen LogP contribution in [0.1, 0.15) is 23.1 Å². The first-order chi connectivity index (χ1) is 18.0. The van der Waals surface area contributed by atoms with E-state index in [1.54, 1.807) is 0 Å². The molecule has 0 radical (unpaired) electrons. The molecule has 1 N–H and O–H groups in total. The van der Waals surface area contributed by atoms with E-state index in [-0.39, 0.29) is 48.2 Å². The van der Waals surface area contributed by atoms with Gasteiger partial charge in [0.05, 0.1) is 23.1 Å². The third-order valence-electron chi connectivity index (χ3n) is 5.83. The maximum Gasteiger partial charge on any atom is 0.573 e. The lowest BCUT2D eigenvalue weighted by atomic mass is 10.1. The first-order valence-electron chi connectivity index (χ1n) is 11.6. The summed E-state index contributed by atoms with van der Waals surface area (Å²) < 4.78 is 59.1. The number of alkyl halides is 3. The van der Waals surface area contributed by atoms with Crippen molar-refractivity contribution >= 4 is 22.0 Å². The number of halogens is 3. The normalized spacial score (nSPS) is 12.7. The fourth-order valence-electron chi connectivity index (χ4n) is 4.02. The predicted octanol–water partition coefficient (Wildman–Crippen LogP) is 2.84. The lowest BCUT2D eigenvalue weighted by molar-refractivity contribution is -0.274. The zero-order valence-electron chi connectivity index (χ0n) is 20.6. The summed E-state index contributed by atoms with van der Waals surface area (Å²) in [7, 11) is -0.474. The van der Waals surface area contributed by atoms with Crippen LogP contribution in [0.4, 0.5) is 13.2 Å². The summed E-state index contributed by atoms with van der Waals surface area (Å²) in [6, 6.07) is 12.6. The van der Waals surface area contributed by atoms with Crippen molar-refractivity contribution < 1.29 is 27.2 Å². The number of aliphatic hydroxyl groups is 1. The molecule has 0 saturated carbocycles. The standard InChI is InChI=1S/C25H25F3N4O5S/c1-16-7-9-17(10-8-16)14-32-20-21(30(2)24(35)31(22(20)34)11-4-12-33)29-23(32)38(36)15-18-5-3-6-19(13-18)37-25(26,27)28/h3,5-10,13,33H,4,11-12,14-15H2,1-2H3. The highest BCUT2D eigenvalue weighted by Gasteiger charge is 2.31. The number of hydrogen-bond acceptors (Lipinski definition) is 6. The zero-order chi connectivity index (χ0) is 27.6. The van der Waals surface area contributed by atoms with Crippen molar-refractivity contribution in [1.82, 2.24) is 18.7 Å². The molecular formula is C25H25F3N4O5S. The van der Waals surface area contributed by atoms with Gasteiger partial charge in [-0.15, -0.1) is 13.2 Å². The van der Waals surface area contributed by atoms with Crippen LogP contribution in [0, 0.1) is 6.92 Å². The number of rotatable bonds is 9. The molecule has 4 rings (SSSR count). The van der Waals surface area contributed by atoms with E-state index in [2.05, 4.69) is 9.72 Å². The van der Waals surface area contributed by atoms with Crippen LogP contribution in [0.2, 0.25) is 0 Å². The van der Waals surface area contributed by atoms with Crippen molar-refractivity contribution in [2.24, 2.45) is 7.05 Å². The summed E-state index contributed by atoms with van der Waals surface area (Å²) in [6.07, 6.45) is -4.69. The van der Waals surface area contributed by atoms with Crippen molar-refractivity contribution in [2.75, 3.05) is 6.61 Å². The fourth-order valence-corrected chi connectivity index (χ4v) is 5.22. The molecule has 9 nitrogen and oxygen atoms in total. The van der Waals surface area contributed by atoms with E-state index < -0.39 is 34.2 Å². The van der Waals surface area contributed by atoms with E-state index in [9.17, 15) is 32.1 Å². The summed E-state index contributed by atoms with van der Waals surface area (Å²) >= 11 is 0. The minimum Gasteiger partial charge on any atom is -0.406 e. The summed E-state index contributed by atoms with van der Waals surface area (Å²) in [5.74, 6) is -0.659. The van der Waals surface area contributed by atoms with Crippen molar-refractivity contribution in [3.8, 4) is 5.75 Å². The quantitative estimate of drug-likeness (QED) is 0.344. The van der Waals surface area contributed by atoms with E-state index in [1.807, 2.05) is 31.2 Å². The minimum absolute atomic E-state index is 0.00488. The second-order valence-corrected chi connectivity index (χ2v) is 10.0. The van der Waals surface area contributed by atoms with E-state index >= 15 is 0 Å². The number of aliphatic hydroxyl groups excluding tert-OH is 1. The van der Waals surface area contributed by atoms with E-state index in [0.29, 0.717) is 5.56 Å². The molecule has 0 aliphatic carbocycles. The average molecular weight is 551 g/mol. The van der Waals surface area contributed by atoms with E-state index in [0.717, 1.165) is 27.8 Å². The molecule has 0 bridgehead atoms. The van der Waals surface area contributed by atoms with Crippen LogP contribution >= 0.6 is 0 Å². The number of hydrogen-bond donors (Lipinski definition) is 1. The van der Waals surface area contributed by atoms with Gasteiger partial charge >= 0.3 is 12.1 Å². The second-order valence-electron chi connectivity index (χ2n) is 8.70. The largest absolute Gasteiger partial charge is 0.573 e. The molecule has 202 valence electrons. The Kier molecular flexibility index (Phi) is 7.88. The van der Waals surface area contributed by atoms with Gasteiger partial charge in [-0.05, 0) is 36.6 Å². The highest BCUT2D eigenvalue weighted by atomic mass is 32.2. The molecular weight excluding hydrogens is 525 g/mol. The molecule has 38 heavy (non-hydrogen) atoms. The molecule has 2 heterocycles. The van der Waals surface area contributed by atoms with Crippen LogP contribution in [0.25, 0.3) is 11.2 Å². The predicted molar refractivity (Wildman–Crippen MR) is 134 cm³/mol. The van der Waals surface area contributed by atoms with E-state index in [4.69, 9.17) is 0 Å². The zero-order valence-corrected chi connectivity index (χ0v) is 21.4. The smallest absolute Gasteiger partial charge is 0.406 e. The third-order valence-corrected chi connectivity index (χ3v) is 7.15. The first-order valence-corrected chi connectivity index (χ1v) is 12.9. The molecule has 0 amide bonds. The van der Waals surface area contributed by atoms with Gasteiger partial charge in [0.2, 0.25) is 5.16 Å². The lowest BCUT2D eigenvalue weighted by Gasteiger charge is -2.12. The SMILES string of the molecule is Cc1ccc(Cn2c(S(=O)Cc3cccc(OC(F)(F)F)c3)nc3c2c(=O)n(CCCO)c(=O)n3C)cc1. The van der Waals surface area contributed by atoms with Gasteiger partial charge < -0.3 is 14.4 Å². The number of ether oxygens (including phenoxy) is 1. The van der Waals surface area contributed by atoms with Crippen LogP contribution in [-0.2, 0) is 36.7 Å². The highest BCUT2D eigenvalue weighted by molar-refractivity contribution is 7.84.